The summed E-state index contributed by atoms with van der Waals surface area (Å²) in [5.74, 6) is 0.237. The van der Waals surface area contributed by atoms with Crippen LogP contribution < -0.4 is 10.6 Å². The third-order valence-electron chi connectivity index (χ3n) is 5.38. The number of rotatable bonds is 5. The lowest BCUT2D eigenvalue weighted by Gasteiger charge is -2.21. The van der Waals surface area contributed by atoms with E-state index in [0.717, 1.165) is 6.42 Å². The Morgan fingerprint density at radius 1 is 1.31 bits per heavy atom. The molecule has 6 nitrogen and oxygen atoms in total. The SMILES string of the molecule is CC(C)CCNC(=O)[C@@H]1C[C@@]2(CCN(C(=O)c3ccccc3)C2)C(=O)N1. The lowest BCUT2D eigenvalue weighted by molar-refractivity contribution is -0.128. The number of hydrogen-bond donors (Lipinski definition) is 2. The summed E-state index contributed by atoms with van der Waals surface area (Å²) in [6.07, 6.45) is 1.97. The molecular formula is C20H27N3O3. The maximum Gasteiger partial charge on any atom is 0.253 e. The standard InChI is InChI=1S/C20H27N3O3/c1-14(2)8-10-21-17(24)16-12-20(19(26)22-16)9-11-23(13-20)18(25)15-6-4-3-5-7-15/h3-7,14,16H,8-13H2,1-2H3,(H,21,24)(H,22,26)/t16-,20+/m0/s1. The fourth-order valence-electron chi connectivity index (χ4n) is 3.77. The molecular weight excluding hydrogens is 330 g/mol. The van der Waals surface area contributed by atoms with Gasteiger partial charge in [0.1, 0.15) is 6.04 Å². The smallest absolute Gasteiger partial charge is 0.253 e. The summed E-state index contributed by atoms with van der Waals surface area (Å²) in [6, 6.07) is 8.61. The van der Waals surface area contributed by atoms with Gasteiger partial charge < -0.3 is 15.5 Å². The molecule has 3 amide bonds. The van der Waals surface area contributed by atoms with Gasteiger partial charge in [0, 0.05) is 25.2 Å². The summed E-state index contributed by atoms with van der Waals surface area (Å²) in [7, 11) is 0. The Balaban J connectivity index is 1.60. The van der Waals surface area contributed by atoms with Gasteiger partial charge in [-0.05, 0) is 37.3 Å². The van der Waals surface area contributed by atoms with E-state index in [-0.39, 0.29) is 17.7 Å². The Morgan fingerprint density at radius 2 is 2.04 bits per heavy atom. The van der Waals surface area contributed by atoms with Crippen LogP contribution in [0, 0.1) is 11.3 Å². The molecule has 2 heterocycles. The number of benzene rings is 1. The molecule has 2 aliphatic rings. The molecule has 2 atom stereocenters. The molecule has 2 N–H and O–H groups in total. The third kappa shape index (κ3) is 3.74. The van der Waals surface area contributed by atoms with Crippen LogP contribution in [0.5, 0.6) is 0 Å². The monoisotopic (exact) mass is 357 g/mol. The van der Waals surface area contributed by atoms with Gasteiger partial charge in [-0.2, -0.15) is 0 Å². The van der Waals surface area contributed by atoms with Crippen LogP contribution in [0.3, 0.4) is 0 Å². The van der Waals surface area contributed by atoms with Crippen molar-refractivity contribution in [3.05, 3.63) is 35.9 Å². The zero-order valence-corrected chi connectivity index (χ0v) is 15.5. The number of carbonyl (C=O) groups excluding carboxylic acids is 3. The van der Waals surface area contributed by atoms with Gasteiger partial charge in [0.2, 0.25) is 11.8 Å². The minimum absolute atomic E-state index is 0.0555. The Labute approximate surface area is 154 Å². The first-order valence-electron chi connectivity index (χ1n) is 9.34. The van der Waals surface area contributed by atoms with E-state index < -0.39 is 11.5 Å². The molecule has 2 saturated heterocycles. The summed E-state index contributed by atoms with van der Waals surface area (Å²) >= 11 is 0. The molecule has 0 saturated carbocycles. The minimum Gasteiger partial charge on any atom is -0.354 e. The highest BCUT2D eigenvalue weighted by Gasteiger charge is 2.53. The molecule has 0 radical (unpaired) electrons. The van der Waals surface area contributed by atoms with Crippen molar-refractivity contribution in [3.8, 4) is 0 Å². The first-order chi connectivity index (χ1) is 12.4. The van der Waals surface area contributed by atoms with Gasteiger partial charge in [-0.25, -0.2) is 0 Å². The molecule has 0 aliphatic carbocycles. The molecule has 1 aromatic carbocycles. The van der Waals surface area contributed by atoms with Gasteiger partial charge in [-0.1, -0.05) is 32.0 Å². The minimum atomic E-state index is -0.634. The average molecular weight is 357 g/mol. The predicted octanol–water partition coefficient (Wildman–Crippen LogP) is 1.57. The fraction of sp³-hybridized carbons (Fsp3) is 0.550. The van der Waals surface area contributed by atoms with Crippen LogP contribution in [0.25, 0.3) is 0 Å². The molecule has 0 aromatic heterocycles. The predicted molar refractivity (Wildman–Crippen MR) is 98.4 cm³/mol. The number of nitrogens with zero attached hydrogens (tertiary/aromatic N) is 1. The molecule has 1 aromatic rings. The van der Waals surface area contributed by atoms with E-state index in [9.17, 15) is 14.4 Å². The summed E-state index contributed by atoms with van der Waals surface area (Å²) in [4.78, 5) is 39.3. The van der Waals surface area contributed by atoms with Gasteiger partial charge in [-0.3, -0.25) is 14.4 Å². The van der Waals surface area contributed by atoms with Crippen molar-refractivity contribution in [1.82, 2.24) is 15.5 Å². The number of amides is 3. The van der Waals surface area contributed by atoms with Crippen LogP contribution in [0.15, 0.2) is 30.3 Å². The number of hydrogen-bond acceptors (Lipinski definition) is 3. The molecule has 2 fully saturated rings. The zero-order valence-electron chi connectivity index (χ0n) is 15.5. The van der Waals surface area contributed by atoms with Crippen LogP contribution in [0.4, 0.5) is 0 Å². The van der Waals surface area contributed by atoms with Crippen LogP contribution in [-0.4, -0.2) is 48.3 Å². The molecule has 3 rings (SSSR count). The Kier molecular flexibility index (Phi) is 5.30. The largest absolute Gasteiger partial charge is 0.354 e. The van der Waals surface area contributed by atoms with Gasteiger partial charge in [0.15, 0.2) is 0 Å². The number of nitrogens with one attached hydrogen (secondary N) is 2. The second kappa shape index (κ2) is 7.48. The normalized spacial score (nSPS) is 25.0. The molecule has 0 unspecified atom stereocenters. The third-order valence-corrected chi connectivity index (χ3v) is 5.38. The van der Waals surface area contributed by atoms with Crippen molar-refractivity contribution in [3.63, 3.8) is 0 Å². The highest BCUT2D eigenvalue weighted by Crippen LogP contribution is 2.40. The van der Waals surface area contributed by atoms with Crippen molar-refractivity contribution in [1.29, 1.82) is 0 Å². The fourth-order valence-corrected chi connectivity index (χ4v) is 3.77. The number of likely N-dealkylation sites (tertiary alicyclic amines) is 1. The Bertz CT molecular complexity index is 689. The van der Waals surface area contributed by atoms with Crippen LogP contribution >= 0.6 is 0 Å². The summed E-state index contributed by atoms with van der Waals surface area (Å²) in [5.41, 5.74) is -0.00394. The molecule has 6 heteroatoms. The van der Waals surface area contributed by atoms with E-state index in [0.29, 0.717) is 44.0 Å². The van der Waals surface area contributed by atoms with Gasteiger partial charge in [-0.15, -0.1) is 0 Å². The van der Waals surface area contributed by atoms with Gasteiger partial charge >= 0.3 is 0 Å². The second-order valence-electron chi connectivity index (χ2n) is 7.83. The van der Waals surface area contributed by atoms with Crippen molar-refractivity contribution in [2.75, 3.05) is 19.6 Å². The lowest BCUT2D eigenvalue weighted by Crippen LogP contribution is -2.42. The Morgan fingerprint density at radius 3 is 2.73 bits per heavy atom. The van der Waals surface area contributed by atoms with E-state index in [1.165, 1.54) is 0 Å². The van der Waals surface area contributed by atoms with Crippen molar-refractivity contribution >= 4 is 17.7 Å². The summed E-state index contributed by atoms with van der Waals surface area (Å²) in [6.45, 7) is 5.75. The quantitative estimate of drug-likeness (QED) is 0.840. The first-order valence-corrected chi connectivity index (χ1v) is 9.34. The number of carbonyl (C=O) groups is 3. The molecule has 2 aliphatic heterocycles. The molecule has 0 bridgehead atoms. The topological polar surface area (TPSA) is 78.5 Å². The van der Waals surface area contributed by atoms with Crippen LogP contribution in [0.1, 0.15) is 43.5 Å². The zero-order chi connectivity index (χ0) is 18.7. The van der Waals surface area contributed by atoms with E-state index >= 15 is 0 Å². The van der Waals surface area contributed by atoms with E-state index in [1.807, 2.05) is 18.2 Å². The van der Waals surface area contributed by atoms with Gasteiger partial charge in [0.25, 0.3) is 5.91 Å². The molecule has 1 spiro atoms. The maximum absolute atomic E-state index is 12.6. The molecule has 140 valence electrons. The van der Waals surface area contributed by atoms with E-state index in [4.69, 9.17) is 0 Å². The van der Waals surface area contributed by atoms with Crippen molar-refractivity contribution in [2.45, 2.75) is 39.2 Å². The van der Waals surface area contributed by atoms with Gasteiger partial charge in [0.05, 0.1) is 5.41 Å². The first kappa shape index (κ1) is 18.4. The van der Waals surface area contributed by atoms with Crippen LogP contribution in [-0.2, 0) is 9.59 Å². The second-order valence-corrected chi connectivity index (χ2v) is 7.83. The lowest BCUT2D eigenvalue weighted by atomic mass is 9.84. The maximum atomic E-state index is 12.6. The average Bonchev–Trinajstić information content (AvgIpc) is 3.19. The Hall–Kier alpha value is -2.37. The van der Waals surface area contributed by atoms with Crippen molar-refractivity contribution < 1.29 is 14.4 Å². The summed E-state index contributed by atoms with van der Waals surface area (Å²) < 4.78 is 0. The van der Waals surface area contributed by atoms with Crippen LogP contribution in [0.2, 0.25) is 0 Å². The van der Waals surface area contributed by atoms with E-state index in [1.54, 1.807) is 17.0 Å². The highest BCUT2D eigenvalue weighted by atomic mass is 16.2. The highest BCUT2D eigenvalue weighted by molar-refractivity contribution is 5.97. The van der Waals surface area contributed by atoms with E-state index in [2.05, 4.69) is 24.5 Å². The summed E-state index contributed by atoms with van der Waals surface area (Å²) in [5, 5.41) is 5.74. The molecule has 26 heavy (non-hydrogen) atoms. The van der Waals surface area contributed by atoms with Crippen molar-refractivity contribution in [2.24, 2.45) is 11.3 Å².